The van der Waals surface area contributed by atoms with Gasteiger partial charge >= 0.3 is 0 Å². The van der Waals surface area contributed by atoms with Gasteiger partial charge in [-0.05, 0) is 36.9 Å². The van der Waals surface area contributed by atoms with E-state index < -0.39 is 0 Å². The van der Waals surface area contributed by atoms with Gasteiger partial charge in [0, 0.05) is 12.5 Å². The lowest BCUT2D eigenvalue weighted by Gasteiger charge is -2.31. The number of ether oxygens (including phenoxy) is 2. The first-order chi connectivity index (χ1) is 12.0. The Kier molecular flexibility index (Phi) is 4.49. The van der Waals surface area contributed by atoms with Crippen molar-refractivity contribution in [3.05, 3.63) is 35.0 Å². The number of benzene rings is 1. The fourth-order valence-electron chi connectivity index (χ4n) is 2.55. The van der Waals surface area contributed by atoms with Crippen molar-refractivity contribution >= 4 is 29.1 Å². The number of hydrogen-bond donors (Lipinski definition) is 0. The number of hydrogen-bond acceptors (Lipinski definition) is 7. The molecule has 0 spiro atoms. The van der Waals surface area contributed by atoms with Gasteiger partial charge in [-0.25, -0.2) is 9.69 Å². The third-order valence-electron chi connectivity index (χ3n) is 3.61. The molecule has 0 saturated carbocycles. The summed E-state index contributed by atoms with van der Waals surface area (Å²) in [4.78, 5) is 25.0. The predicted octanol–water partition coefficient (Wildman–Crippen LogP) is 1.84. The summed E-state index contributed by atoms with van der Waals surface area (Å²) in [7, 11) is 3.07. The van der Waals surface area contributed by atoms with Gasteiger partial charge in [0.15, 0.2) is 17.3 Å². The molecule has 8 nitrogen and oxygen atoms in total. The molecule has 1 aromatic carbocycles. The van der Waals surface area contributed by atoms with Crippen LogP contribution in [-0.2, 0) is 9.59 Å². The molecule has 3 rings (SSSR count). The number of allylic oxidation sites excluding steroid dienone is 1. The number of aromatic nitrogens is 3. The number of methoxy groups -OCH3 is 2. The van der Waals surface area contributed by atoms with Gasteiger partial charge in [0.2, 0.25) is 11.1 Å². The Balaban J connectivity index is 2.25. The van der Waals surface area contributed by atoms with Crippen molar-refractivity contribution in [2.75, 3.05) is 19.2 Å². The van der Waals surface area contributed by atoms with Crippen LogP contribution < -0.4 is 14.5 Å². The largest absolute Gasteiger partial charge is 0.493 e. The maximum absolute atomic E-state index is 12.3. The Hall–Kier alpha value is -2.81. The van der Waals surface area contributed by atoms with Gasteiger partial charge < -0.3 is 9.47 Å². The number of fused-ring (bicyclic) bond motifs is 1. The number of ketones is 1. The zero-order valence-corrected chi connectivity index (χ0v) is 15.0. The molecule has 1 aliphatic heterocycles. The Bertz CT molecular complexity index is 890. The highest BCUT2D eigenvalue weighted by Crippen LogP contribution is 2.40. The van der Waals surface area contributed by atoms with Crippen LogP contribution in [0.4, 0.5) is 0 Å². The summed E-state index contributed by atoms with van der Waals surface area (Å²) in [6, 6.07) is 5.22. The highest BCUT2D eigenvalue weighted by Gasteiger charge is 2.33. The molecule has 1 amide bonds. The van der Waals surface area contributed by atoms with Crippen LogP contribution in [-0.4, -0.2) is 40.8 Å². The number of carbonyl (C=O) groups excluding carboxylic acids is 2. The summed E-state index contributed by atoms with van der Waals surface area (Å²) in [5.74, 6) is 0.609. The normalized spacial score (nSPS) is 13.5. The van der Waals surface area contributed by atoms with Crippen LogP contribution in [0, 0.1) is 0 Å². The van der Waals surface area contributed by atoms with Crippen molar-refractivity contribution in [3.63, 3.8) is 0 Å². The maximum Gasteiger partial charge on any atom is 0.243 e. The number of amides is 1. The molecule has 0 saturated heterocycles. The second-order valence-electron chi connectivity index (χ2n) is 5.19. The summed E-state index contributed by atoms with van der Waals surface area (Å²) >= 11 is 1.17. The second-order valence-corrected chi connectivity index (χ2v) is 6.17. The number of Topliss-reactive ketones (excluding diaryl/α,β-unsaturated/α-hetero) is 1. The van der Waals surface area contributed by atoms with E-state index in [2.05, 4.69) is 10.2 Å². The van der Waals surface area contributed by atoms with Crippen LogP contribution >= 0.6 is 11.8 Å². The fraction of sp³-hybridized carbons (Fsp3) is 0.250. The molecule has 0 aliphatic carbocycles. The van der Waals surface area contributed by atoms with E-state index >= 15 is 0 Å². The summed E-state index contributed by atoms with van der Waals surface area (Å²) in [6.07, 6.45) is 1.43. The van der Waals surface area contributed by atoms with Crippen molar-refractivity contribution in [1.82, 2.24) is 14.9 Å². The highest BCUT2D eigenvalue weighted by atomic mass is 32.2. The zero-order chi connectivity index (χ0) is 18.1. The fourth-order valence-corrected chi connectivity index (χ4v) is 3.49. The molecule has 0 bridgehead atoms. The molecule has 25 heavy (non-hydrogen) atoms. The standard InChI is InChI=1S/C16H16N4O4S/c1-9(21)15-14(11-5-6-12(23-3)13(7-11)24-4)20(10(2)22)19-8-17-18-16(19)25-15/h5-8H,1-4H3. The van der Waals surface area contributed by atoms with Gasteiger partial charge in [-0.3, -0.25) is 9.59 Å². The number of rotatable bonds is 4. The average molecular weight is 360 g/mol. The summed E-state index contributed by atoms with van der Waals surface area (Å²) in [5.41, 5.74) is 1.10. The van der Waals surface area contributed by atoms with E-state index in [-0.39, 0.29) is 11.7 Å². The molecule has 9 heteroatoms. The highest BCUT2D eigenvalue weighted by molar-refractivity contribution is 8.04. The molecule has 1 aromatic heterocycles. The predicted molar refractivity (Wildman–Crippen MR) is 91.9 cm³/mol. The monoisotopic (exact) mass is 360 g/mol. The molecule has 1 aliphatic rings. The lowest BCUT2D eigenvalue weighted by Crippen LogP contribution is -2.40. The Labute approximate surface area is 148 Å². The van der Waals surface area contributed by atoms with E-state index in [1.807, 2.05) is 0 Å². The molecule has 0 unspecified atom stereocenters. The van der Waals surface area contributed by atoms with Gasteiger partial charge in [-0.15, -0.1) is 10.2 Å². The maximum atomic E-state index is 12.3. The van der Waals surface area contributed by atoms with E-state index in [1.165, 1.54) is 48.7 Å². The van der Waals surface area contributed by atoms with Crippen LogP contribution in [0.5, 0.6) is 11.5 Å². The lowest BCUT2D eigenvalue weighted by molar-refractivity contribution is -0.117. The van der Waals surface area contributed by atoms with E-state index in [0.717, 1.165) is 0 Å². The number of carbonyl (C=O) groups is 2. The van der Waals surface area contributed by atoms with Gasteiger partial charge in [0.25, 0.3) is 0 Å². The SMILES string of the molecule is COc1ccc(C2=C(C(C)=O)Sc3nncn3N2C(C)=O)cc1OC. The van der Waals surface area contributed by atoms with Crippen molar-refractivity contribution < 1.29 is 19.1 Å². The van der Waals surface area contributed by atoms with E-state index in [1.54, 1.807) is 25.3 Å². The molecule has 0 radical (unpaired) electrons. The van der Waals surface area contributed by atoms with E-state index in [4.69, 9.17) is 9.47 Å². The summed E-state index contributed by atoms with van der Waals surface area (Å²) in [6.45, 7) is 2.87. The first-order valence-electron chi connectivity index (χ1n) is 7.34. The zero-order valence-electron chi connectivity index (χ0n) is 14.1. The molecular weight excluding hydrogens is 344 g/mol. The lowest BCUT2D eigenvalue weighted by atomic mass is 10.1. The van der Waals surface area contributed by atoms with Crippen molar-refractivity contribution in [2.45, 2.75) is 19.0 Å². The molecule has 2 heterocycles. The van der Waals surface area contributed by atoms with Gasteiger partial charge in [0.05, 0.1) is 24.8 Å². The van der Waals surface area contributed by atoms with Crippen LogP contribution in [0.25, 0.3) is 5.70 Å². The minimum Gasteiger partial charge on any atom is -0.493 e. The van der Waals surface area contributed by atoms with Crippen LogP contribution in [0.3, 0.4) is 0 Å². The number of nitrogens with zero attached hydrogens (tertiary/aromatic N) is 4. The van der Waals surface area contributed by atoms with Gasteiger partial charge in [-0.2, -0.15) is 0 Å². The van der Waals surface area contributed by atoms with Crippen molar-refractivity contribution in [1.29, 1.82) is 0 Å². The van der Waals surface area contributed by atoms with E-state index in [0.29, 0.717) is 32.8 Å². The topological polar surface area (TPSA) is 86.5 Å². The number of thioether (sulfide) groups is 1. The minimum atomic E-state index is -0.273. The van der Waals surface area contributed by atoms with Gasteiger partial charge in [0.1, 0.15) is 6.33 Å². The first kappa shape index (κ1) is 17.0. The molecule has 2 aromatic rings. The first-order valence-corrected chi connectivity index (χ1v) is 8.16. The van der Waals surface area contributed by atoms with Crippen LogP contribution in [0.15, 0.2) is 34.6 Å². The van der Waals surface area contributed by atoms with Gasteiger partial charge in [-0.1, -0.05) is 0 Å². The molecule has 130 valence electrons. The Morgan fingerprint density at radius 2 is 1.84 bits per heavy atom. The summed E-state index contributed by atoms with van der Waals surface area (Å²) < 4.78 is 12.1. The quantitative estimate of drug-likeness (QED) is 0.822. The molecule has 0 atom stereocenters. The van der Waals surface area contributed by atoms with E-state index in [9.17, 15) is 9.59 Å². The third-order valence-corrected chi connectivity index (χ3v) is 4.75. The average Bonchev–Trinajstić information content (AvgIpc) is 3.07. The Morgan fingerprint density at radius 3 is 2.44 bits per heavy atom. The summed E-state index contributed by atoms with van der Waals surface area (Å²) in [5, 5.41) is 9.62. The molecular formula is C16H16N4O4S. The third kappa shape index (κ3) is 2.86. The van der Waals surface area contributed by atoms with Crippen LogP contribution in [0.1, 0.15) is 19.4 Å². The molecule has 0 N–H and O–H groups in total. The minimum absolute atomic E-state index is 0.171. The molecule has 0 fully saturated rings. The van der Waals surface area contributed by atoms with Crippen molar-refractivity contribution in [3.8, 4) is 11.5 Å². The smallest absolute Gasteiger partial charge is 0.243 e. The van der Waals surface area contributed by atoms with Crippen LogP contribution in [0.2, 0.25) is 0 Å². The van der Waals surface area contributed by atoms with Crippen molar-refractivity contribution in [2.24, 2.45) is 0 Å². The Morgan fingerprint density at radius 1 is 1.12 bits per heavy atom. The second kappa shape index (κ2) is 6.60.